The van der Waals surface area contributed by atoms with Gasteiger partial charge in [-0.1, -0.05) is 15.9 Å². The molecule has 0 saturated carbocycles. The molecule has 0 spiro atoms. The van der Waals surface area contributed by atoms with Gasteiger partial charge in [0.05, 0.1) is 0 Å². The summed E-state index contributed by atoms with van der Waals surface area (Å²) in [5, 5.41) is 0.546. The Kier molecular flexibility index (Phi) is 4.96. The lowest BCUT2D eigenvalue weighted by molar-refractivity contribution is 0.494. The summed E-state index contributed by atoms with van der Waals surface area (Å²) >= 11 is 3.08. The van der Waals surface area contributed by atoms with Crippen LogP contribution in [0.3, 0.4) is 0 Å². The van der Waals surface area contributed by atoms with E-state index in [1.54, 1.807) is 0 Å². The van der Waals surface area contributed by atoms with Crippen molar-refractivity contribution in [2.24, 2.45) is 0 Å². The third-order valence-electron chi connectivity index (χ3n) is 1.83. The highest BCUT2D eigenvalue weighted by Gasteiger charge is 2.24. The summed E-state index contributed by atoms with van der Waals surface area (Å²) in [7, 11) is -4.30. The smallest absolute Gasteiger partial charge is 0.211 e. The zero-order valence-corrected chi connectivity index (χ0v) is 10.9. The Morgan fingerprint density at radius 2 is 1.71 bits per heavy atom. The van der Waals surface area contributed by atoms with Gasteiger partial charge in [-0.2, -0.15) is 0 Å². The van der Waals surface area contributed by atoms with Crippen LogP contribution >= 0.6 is 15.9 Å². The Balaban J connectivity index is 3.07. The average molecular weight is 332 g/mol. The van der Waals surface area contributed by atoms with E-state index in [0.29, 0.717) is 23.9 Å². The van der Waals surface area contributed by atoms with E-state index in [2.05, 4.69) is 15.9 Å². The molecule has 1 rings (SSSR count). The molecular weight excluding hydrogens is 323 g/mol. The largest absolute Gasteiger partial charge is 0.246 e. The fourth-order valence-corrected chi connectivity index (χ4v) is 2.60. The number of rotatable bonds is 5. The highest BCUT2D eigenvalue weighted by Crippen LogP contribution is 2.19. The molecule has 0 aliphatic carbocycles. The van der Waals surface area contributed by atoms with Crippen LogP contribution < -0.4 is 4.72 Å². The van der Waals surface area contributed by atoms with Gasteiger partial charge in [-0.3, -0.25) is 0 Å². The maximum Gasteiger partial charge on any atom is 0.246 e. The molecule has 0 atom stereocenters. The van der Waals surface area contributed by atoms with Crippen molar-refractivity contribution in [3.63, 3.8) is 0 Å². The summed E-state index contributed by atoms with van der Waals surface area (Å²) in [6.45, 7) is 0.0316. The van der Waals surface area contributed by atoms with Crippen molar-refractivity contribution in [1.29, 1.82) is 0 Å². The van der Waals surface area contributed by atoms with Gasteiger partial charge in [0.2, 0.25) is 10.0 Å². The Morgan fingerprint density at radius 1 is 1.18 bits per heavy atom. The lowest BCUT2D eigenvalue weighted by Gasteiger charge is -2.08. The summed E-state index contributed by atoms with van der Waals surface area (Å²) in [5.74, 6) is -4.07. The van der Waals surface area contributed by atoms with Crippen LogP contribution in [-0.2, 0) is 10.0 Å². The van der Waals surface area contributed by atoms with Gasteiger partial charge in [-0.25, -0.2) is 26.3 Å². The minimum Gasteiger partial charge on any atom is -0.211 e. The van der Waals surface area contributed by atoms with Gasteiger partial charge in [-0.05, 0) is 6.42 Å². The van der Waals surface area contributed by atoms with Gasteiger partial charge >= 0.3 is 0 Å². The molecule has 0 saturated heterocycles. The molecule has 0 bridgehead atoms. The number of hydrogen-bond acceptors (Lipinski definition) is 2. The Hall–Kier alpha value is -0.600. The standard InChI is InChI=1S/C9H9BrF3NO2S/c10-2-1-3-14-17(15,16)9-7(12)4-6(11)5-8(9)13/h4-5,14H,1-3H2. The van der Waals surface area contributed by atoms with Crippen LogP contribution in [0.15, 0.2) is 17.0 Å². The average Bonchev–Trinajstić information content (AvgIpc) is 2.15. The maximum absolute atomic E-state index is 13.2. The van der Waals surface area contributed by atoms with E-state index in [1.807, 2.05) is 4.72 Å². The third kappa shape index (κ3) is 3.68. The molecule has 0 radical (unpaired) electrons. The zero-order valence-electron chi connectivity index (χ0n) is 8.51. The molecule has 1 aromatic rings. The van der Waals surface area contributed by atoms with Crippen molar-refractivity contribution in [2.75, 3.05) is 11.9 Å². The number of sulfonamides is 1. The molecule has 1 aromatic carbocycles. The molecule has 0 heterocycles. The lowest BCUT2D eigenvalue weighted by Crippen LogP contribution is -2.27. The highest BCUT2D eigenvalue weighted by atomic mass is 79.9. The van der Waals surface area contributed by atoms with E-state index in [4.69, 9.17) is 0 Å². The Bertz CT molecular complexity index is 484. The van der Waals surface area contributed by atoms with E-state index < -0.39 is 32.4 Å². The molecule has 8 heteroatoms. The molecule has 17 heavy (non-hydrogen) atoms. The number of nitrogens with one attached hydrogen (secondary N) is 1. The van der Waals surface area contributed by atoms with E-state index in [0.717, 1.165) is 0 Å². The number of halogens is 4. The first kappa shape index (κ1) is 14.5. The van der Waals surface area contributed by atoms with Gasteiger partial charge < -0.3 is 0 Å². The minimum absolute atomic E-state index is 0.0316. The van der Waals surface area contributed by atoms with Crippen molar-refractivity contribution < 1.29 is 21.6 Å². The molecule has 0 aromatic heterocycles. The van der Waals surface area contributed by atoms with E-state index >= 15 is 0 Å². The molecule has 1 N–H and O–H groups in total. The number of benzene rings is 1. The summed E-state index contributed by atoms with van der Waals surface area (Å²) in [4.78, 5) is -1.16. The SMILES string of the molecule is O=S(=O)(NCCCBr)c1c(F)cc(F)cc1F. The monoisotopic (exact) mass is 331 g/mol. The van der Waals surface area contributed by atoms with Gasteiger partial charge in [0.1, 0.15) is 17.5 Å². The van der Waals surface area contributed by atoms with E-state index in [-0.39, 0.29) is 6.54 Å². The molecular formula is C9H9BrF3NO2S. The highest BCUT2D eigenvalue weighted by molar-refractivity contribution is 9.09. The molecule has 0 aliphatic heterocycles. The Morgan fingerprint density at radius 3 is 2.18 bits per heavy atom. The van der Waals surface area contributed by atoms with Crippen LogP contribution in [0, 0.1) is 17.5 Å². The molecule has 3 nitrogen and oxygen atoms in total. The van der Waals surface area contributed by atoms with Crippen LogP contribution in [0.2, 0.25) is 0 Å². The maximum atomic E-state index is 13.2. The van der Waals surface area contributed by atoms with Crippen LogP contribution in [0.1, 0.15) is 6.42 Å². The van der Waals surface area contributed by atoms with E-state index in [1.165, 1.54) is 0 Å². The molecule has 96 valence electrons. The predicted molar refractivity (Wildman–Crippen MR) is 59.9 cm³/mol. The minimum atomic E-state index is -4.30. The fraction of sp³-hybridized carbons (Fsp3) is 0.333. The molecule has 0 amide bonds. The second-order valence-electron chi connectivity index (χ2n) is 3.14. The van der Waals surface area contributed by atoms with Crippen LogP contribution in [0.4, 0.5) is 13.2 Å². The van der Waals surface area contributed by atoms with Gasteiger partial charge in [0, 0.05) is 24.0 Å². The van der Waals surface area contributed by atoms with Crippen LogP contribution in [0.5, 0.6) is 0 Å². The second-order valence-corrected chi connectivity index (χ2v) is 5.64. The molecule has 0 aliphatic rings. The van der Waals surface area contributed by atoms with Gasteiger partial charge in [0.15, 0.2) is 4.90 Å². The van der Waals surface area contributed by atoms with Crippen molar-refractivity contribution >= 4 is 26.0 Å². The van der Waals surface area contributed by atoms with Crippen molar-refractivity contribution in [2.45, 2.75) is 11.3 Å². The Labute approximate surface area is 105 Å². The predicted octanol–water partition coefficient (Wildman–Crippen LogP) is 2.17. The van der Waals surface area contributed by atoms with Gasteiger partial charge in [0.25, 0.3) is 0 Å². The van der Waals surface area contributed by atoms with Gasteiger partial charge in [-0.15, -0.1) is 0 Å². The summed E-state index contributed by atoms with van der Waals surface area (Å²) in [6.07, 6.45) is 0.462. The van der Waals surface area contributed by atoms with Crippen molar-refractivity contribution in [3.8, 4) is 0 Å². The quantitative estimate of drug-likeness (QED) is 0.664. The summed E-state index contributed by atoms with van der Waals surface area (Å²) in [6, 6.07) is 0.643. The topological polar surface area (TPSA) is 46.2 Å². The number of hydrogen-bond donors (Lipinski definition) is 1. The lowest BCUT2D eigenvalue weighted by atomic mass is 10.3. The zero-order chi connectivity index (χ0) is 13.1. The first-order valence-corrected chi connectivity index (χ1v) is 7.19. The molecule has 0 unspecified atom stereocenters. The van der Waals surface area contributed by atoms with Crippen molar-refractivity contribution in [1.82, 2.24) is 4.72 Å². The van der Waals surface area contributed by atoms with E-state index in [9.17, 15) is 21.6 Å². The first-order valence-electron chi connectivity index (χ1n) is 4.58. The first-order chi connectivity index (χ1) is 7.88. The third-order valence-corrected chi connectivity index (χ3v) is 3.91. The van der Waals surface area contributed by atoms with Crippen LogP contribution in [0.25, 0.3) is 0 Å². The number of alkyl halides is 1. The second kappa shape index (κ2) is 5.83. The van der Waals surface area contributed by atoms with Crippen LogP contribution in [-0.4, -0.2) is 20.3 Å². The fourth-order valence-electron chi connectivity index (χ4n) is 1.13. The van der Waals surface area contributed by atoms with Crippen molar-refractivity contribution in [3.05, 3.63) is 29.6 Å². The summed E-state index contributed by atoms with van der Waals surface area (Å²) < 4.78 is 64.1. The normalized spacial score (nSPS) is 11.8. The summed E-state index contributed by atoms with van der Waals surface area (Å²) in [5.41, 5.74) is 0. The molecule has 0 fully saturated rings.